The van der Waals surface area contributed by atoms with Gasteiger partial charge in [-0.2, -0.15) is 5.10 Å². The van der Waals surface area contributed by atoms with Gasteiger partial charge in [0.15, 0.2) is 5.09 Å². The van der Waals surface area contributed by atoms with E-state index in [4.69, 9.17) is 16.0 Å². The van der Waals surface area contributed by atoms with Gasteiger partial charge in [0, 0.05) is 9.92 Å². The largest absolute Gasteiger partial charge is 0.449 e. The van der Waals surface area contributed by atoms with Crippen LogP contribution in [0.1, 0.15) is 12.7 Å². The molecule has 1 N–H and O–H groups in total. The number of carbonyl (C=O) groups excluding carboxylic acids is 1. The van der Waals surface area contributed by atoms with Crippen LogP contribution in [0.2, 0.25) is 5.02 Å². The number of hydrogen-bond acceptors (Lipinski definition) is 5. The van der Waals surface area contributed by atoms with Crippen LogP contribution in [0.5, 0.6) is 0 Å². The number of hydrazone groups is 1. The maximum absolute atomic E-state index is 11.0. The van der Waals surface area contributed by atoms with E-state index in [-0.39, 0.29) is 0 Å². The maximum atomic E-state index is 11.0. The first-order chi connectivity index (χ1) is 10.2. The molecule has 110 valence electrons. The van der Waals surface area contributed by atoms with Crippen LogP contribution in [0.25, 0.3) is 0 Å². The van der Waals surface area contributed by atoms with E-state index < -0.39 is 6.09 Å². The van der Waals surface area contributed by atoms with Crippen LogP contribution in [-0.4, -0.2) is 18.9 Å². The Morgan fingerprint density at radius 1 is 1.38 bits per heavy atom. The Labute approximate surface area is 131 Å². The molecule has 0 radical (unpaired) electrons. The van der Waals surface area contributed by atoms with Crippen LogP contribution in [-0.2, 0) is 4.74 Å². The van der Waals surface area contributed by atoms with Crippen LogP contribution in [0.15, 0.2) is 55.9 Å². The predicted molar refractivity (Wildman–Crippen MR) is 82.0 cm³/mol. The Kier molecular flexibility index (Phi) is 5.71. The Hall–Kier alpha value is -1.92. The summed E-state index contributed by atoms with van der Waals surface area (Å²) in [7, 11) is 0. The van der Waals surface area contributed by atoms with Gasteiger partial charge in [-0.05, 0) is 43.3 Å². The van der Waals surface area contributed by atoms with Gasteiger partial charge in [0.2, 0.25) is 0 Å². The number of carbonyl (C=O) groups is 1. The lowest BCUT2D eigenvalue weighted by atomic mass is 10.4. The SMILES string of the molecule is CCOC(=O)N/N=C/c1ccc(Sc2ccc(Cl)cc2)o1. The minimum absolute atomic E-state index is 0.296. The molecule has 0 bridgehead atoms. The Morgan fingerprint density at radius 3 is 2.86 bits per heavy atom. The van der Waals surface area contributed by atoms with Gasteiger partial charge >= 0.3 is 6.09 Å². The molecule has 5 nitrogen and oxygen atoms in total. The molecule has 2 rings (SSSR count). The molecule has 1 amide bonds. The fourth-order valence-corrected chi connectivity index (χ4v) is 2.29. The second kappa shape index (κ2) is 7.75. The molecule has 0 unspecified atom stereocenters. The topological polar surface area (TPSA) is 63.8 Å². The molecule has 0 atom stereocenters. The average molecular weight is 325 g/mol. The van der Waals surface area contributed by atoms with Crippen molar-refractivity contribution in [2.75, 3.05) is 6.61 Å². The summed E-state index contributed by atoms with van der Waals surface area (Å²) in [6.45, 7) is 2.01. The molecular weight excluding hydrogens is 312 g/mol. The third-order valence-corrected chi connectivity index (χ3v) is 3.44. The molecule has 0 aliphatic rings. The van der Waals surface area contributed by atoms with Gasteiger partial charge in [-0.1, -0.05) is 23.4 Å². The van der Waals surface area contributed by atoms with Gasteiger partial charge < -0.3 is 9.15 Å². The smallest absolute Gasteiger partial charge is 0.427 e. The first-order valence-corrected chi connectivity index (χ1v) is 7.36. The Bertz CT molecular complexity index is 625. The number of ether oxygens (including phenoxy) is 1. The van der Waals surface area contributed by atoms with Crippen molar-refractivity contribution in [3.8, 4) is 0 Å². The van der Waals surface area contributed by atoms with Crippen LogP contribution < -0.4 is 5.43 Å². The van der Waals surface area contributed by atoms with E-state index in [1.807, 2.05) is 30.3 Å². The quantitative estimate of drug-likeness (QED) is 0.662. The number of rotatable bonds is 5. The second-order valence-electron chi connectivity index (χ2n) is 3.80. The van der Waals surface area contributed by atoms with E-state index in [1.165, 1.54) is 18.0 Å². The second-order valence-corrected chi connectivity index (χ2v) is 5.32. The number of nitrogens with zero attached hydrogens (tertiary/aromatic N) is 1. The number of hydrogen-bond donors (Lipinski definition) is 1. The van der Waals surface area contributed by atoms with Crippen LogP contribution >= 0.6 is 23.4 Å². The average Bonchev–Trinajstić information content (AvgIpc) is 2.89. The summed E-state index contributed by atoms with van der Waals surface area (Å²) in [6.07, 6.45) is 0.805. The van der Waals surface area contributed by atoms with E-state index in [1.54, 1.807) is 13.0 Å². The fraction of sp³-hybridized carbons (Fsp3) is 0.143. The van der Waals surface area contributed by atoms with Gasteiger partial charge in [0.25, 0.3) is 0 Å². The molecule has 1 heterocycles. The van der Waals surface area contributed by atoms with Crippen molar-refractivity contribution < 1.29 is 13.9 Å². The third kappa shape index (κ3) is 5.17. The minimum Gasteiger partial charge on any atom is -0.449 e. The molecule has 0 aliphatic carbocycles. The van der Waals surface area contributed by atoms with Crippen molar-refractivity contribution in [1.29, 1.82) is 0 Å². The molecule has 0 spiro atoms. The molecule has 0 saturated carbocycles. The zero-order valence-electron chi connectivity index (χ0n) is 11.2. The van der Waals surface area contributed by atoms with Gasteiger partial charge in [-0.3, -0.25) is 0 Å². The first-order valence-electron chi connectivity index (χ1n) is 6.16. The summed E-state index contributed by atoms with van der Waals surface area (Å²) in [5.74, 6) is 0.531. The van der Waals surface area contributed by atoms with Crippen molar-refractivity contribution >= 4 is 35.7 Å². The molecule has 2 aromatic rings. The van der Waals surface area contributed by atoms with Crippen molar-refractivity contribution in [2.45, 2.75) is 16.9 Å². The predicted octanol–water partition coefficient (Wildman–Crippen LogP) is 4.16. The standard InChI is InChI=1S/C14H13ClN2O3S/c1-2-19-14(18)17-16-9-11-5-8-13(20-11)21-12-6-3-10(15)4-7-12/h3-9H,2H2,1H3,(H,17,18)/b16-9+. The van der Waals surface area contributed by atoms with Crippen LogP contribution in [0.3, 0.4) is 0 Å². The number of benzene rings is 1. The highest BCUT2D eigenvalue weighted by Crippen LogP contribution is 2.29. The number of furan rings is 1. The van der Waals surface area contributed by atoms with Crippen molar-refractivity contribution in [1.82, 2.24) is 5.43 Å². The zero-order chi connectivity index (χ0) is 15.1. The van der Waals surface area contributed by atoms with E-state index in [2.05, 4.69) is 15.3 Å². The summed E-state index contributed by atoms with van der Waals surface area (Å²) in [5, 5.41) is 5.13. The zero-order valence-corrected chi connectivity index (χ0v) is 12.8. The Balaban J connectivity index is 1.90. The summed E-state index contributed by atoms with van der Waals surface area (Å²) < 4.78 is 10.2. The highest BCUT2D eigenvalue weighted by molar-refractivity contribution is 7.99. The van der Waals surface area contributed by atoms with Gasteiger partial charge in [0.05, 0.1) is 12.8 Å². The molecule has 0 aliphatic heterocycles. The number of amides is 1. The van der Waals surface area contributed by atoms with Gasteiger partial charge in [-0.15, -0.1) is 0 Å². The normalized spacial score (nSPS) is 10.8. The monoisotopic (exact) mass is 324 g/mol. The fourth-order valence-electron chi connectivity index (χ4n) is 1.39. The molecule has 7 heteroatoms. The summed E-state index contributed by atoms with van der Waals surface area (Å²) in [6, 6.07) is 11.0. The number of nitrogens with one attached hydrogen (secondary N) is 1. The molecule has 1 aromatic carbocycles. The molecular formula is C14H13ClN2O3S. The summed E-state index contributed by atoms with van der Waals surface area (Å²) in [4.78, 5) is 12.0. The lowest BCUT2D eigenvalue weighted by molar-refractivity contribution is 0.152. The maximum Gasteiger partial charge on any atom is 0.427 e. The Morgan fingerprint density at radius 2 is 2.14 bits per heavy atom. The van der Waals surface area contributed by atoms with Crippen LogP contribution in [0.4, 0.5) is 4.79 Å². The van der Waals surface area contributed by atoms with Crippen molar-refractivity contribution in [3.63, 3.8) is 0 Å². The van der Waals surface area contributed by atoms with Crippen LogP contribution in [0, 0.1) is 0 Å². The summed E-state index contributed by atoms with van der Waals surface area (Å²) >= 11 is 7.30. The lowest BCUT2D eigenvalue weighted by Gasteiger charge is -1.98. The first kappa shape index (κ1) is 15.5. The van der Waals surface area contributed by atoms with E-state index in [0.29, 0.717) is 17.4 Å². The molecule has 1 aromatic heterocycles. The third-order valence-electron chi connectivity index (χ3n) is 2.26. The highest BCUT2D eigenvalue weighted by atomic mass is 35.5. The van der Waals surface area contributed by atoms with E-state index in [9.17, 15) is 4.79 Å². The summed E-state index contributed by atoms with van der Waals surface area (Å²) in [5.41, 5.74) is 2.22. The molecule has 0 saturated heterocycles. The molecule has 0 fully saturated rings. The number of halogens is 1. The van der Waals surface area contributed by atoms with Crippen molar-refractivity contribution in [3.05, 3.63) is 47.2 Å². The van der Waals surface area contributed by atoms with E-state index >= 15 is 0 Å². The van der Waals surface area contributed by atoms with Gasteiger partial charge in [0.1, 0.15) is 5.76 Å². The highest BCUT2D eigenvalue weighted by Gasteiger charge is 2.03. The lowest BCUT2D eigenvalue weighted by Crippen LogP contribution is -2.18. The van der Waals surface area contributed by atoms with Crippen molar-refractivity contribution in [2.24, 2.45) is 5.10 Å². The van der Waals surface area contributed by atoms with Gasteiger partial charge in [-0.25, -0.2) is 10.2 Å². The minimum atomic E-state index is -0.601. The molecule has 21 heavy (non-hydrogen) atoms. The van der Waals surface area contributed by atoms with E-state index in [0.717, 1.165) is 9.99 Å².